The van der Waals surface area contributed by atoms with Gasteiger partial charge in [-0.2, -0.15) is 10.1 Å². The van der Waals surface area contributed by atoms with Gasteiger partial charge < -0.3 is 9.47 Å². The lowest BCUT2D eigenvalue weighted by Gasteiger charge is -2.45. The molecule has 7 rings (SSSR count). The number of nitrogens with zero attached hydrogens (tertiary/aromatic N) is 2. The van der Waals surface area contributed by atoms with Crippen LogP contribution in [0.1, 0.15) is 39.7 Å². The summed E-state index contributed by atoms with van der Waals surface area (Å²) in [4.78, 5) is 27.2. The van der Waals surface area contributed by atoms with Crippen molar-refractivity contribution in [3.05, 3.63) is 94.5 Å². The smallest absolute Gasteiger partial charge is 0.254 e. The first-order valence-electron chi connectivity index (χ1n) is 11.0. The van der Waals surface area contributed by atoms with E-state index in [1.54, 1.807) is 32.4 Å². The Morgan fingerprint density at radius 2 is 1.27 bits per heavy atom. The third-order valence-electron chi connectivity index (χ3n) is 7.17. The van der Waals surface area contributed by atoms with Crippen LogP contribution in [-0.4, -0.2) is 37.3 Å². The van der Waals surface area contributed by atoms with Gasteiger partial charge in [0.15, 0.2) is 0 Å². The monoisotopic (exact) mass is 438 g/mol. The summed E-state index contributed by atoms with van der Waals surface area (Å²) in [6.45, 7) is 0. The Kier molecular flexibility index (Phi) is 4.37. The zero-order valence-electron chi connectivity index (χ0n) is 18.3. The minimum atomic E-state index is -0.448. The fourth-order valence-corrected chi connectivity index (χ4v) is 5.84. The number of carbonyl (C=O) groups is 2. The molecular weight excluding hydrogens is 416 g/mol. The molecule has 0 aromatic heterocycles. The first-order chi connectivity index (χ1) is 16.1. The van der Waals surface area contributed by atoms with Gasteiger partial charge in [0.1, 0.15) is 11.5 Å². The second kappa shape index (κ2) is 7.30. The van der Waals surface area contributed by atoms with E-state index in [-0.39, 0.29) is 23.7 Å². The predicted octanol–water partition coefficient (Wildman–Crippen LogP) is 3.93. The lowest BCUT2D eigenvalue weighted by Crippen LogP contribution is -2.41. The van der Waals surface area contributed by atoms with Gasteiger partial charge in [0.2, 0.25) is 0 Å². The average Bonchev–Trinajstić information content (AvgIpc) is 3.12. The number of imide groups is 1. The molecule has 3 aliphatic carbocycles. The van der Waals surface area contributed by atoms with Crippen molar-refractivity contribution in [2.24, 2.45) is 16.9 Å². The number of hydrogen-bond acceptors (Lipinski definition) is 5. The van der Waals surface area contributed by atoms with Crippen LogP contribution in [0, 0.1) is 11.8 Å². The van der Waals surface area contributed by atoms with Crippen LogP contribution >= 0.6 is 0 Å². The van der Waals surface area contributed by atoms with Crippen molar-refractivity contribution in [1.29, 1.82) is 0 Å². The molecule has 3 aromatic carbocycles. The van der Waals surface area contributed by atoms with Gasteiger partial charge in [0.25, 0.3) is 11.8 Å². The summed E-state index contributed by atoms with van der Waals surface area (Å²) in [5, 5.41) is 5.42. The standard InChI is InChI=1S/C27H22N2O4/c1-32-16-11-12-21(33-2)15(13-16)14-28-29-26(30)24-22-17-7-3-4-8-18(17)23(25(24)27(29)31)20-10-6-5-9-19(20)22/h3-14,22-25H,1-2H3/b28-14-/t22?,23?,24-,25+. The average molecular weight is 438 g/mol. The molecule has 0 radical (unpaired) electrons. The van der Waals surface area contributed by atoms with Crippen LogP contribution < -0.4 is 9.47 Å². The highest BCUT2D eigenvalue weighted by molar-refractivity contribution is 6.08. The number of carbonyl (C=O) groups excluding carboxylic acids is 2. The van der Waals surface area contributed by atoms with Gasteiger partial charge in [-0.05, 0) is 40.5 Å². The molecule has 1 saturated heterocycles. The molecule has 0 N–H and O–H groups in total. The number of benzene rings is 3. The molecule has 3 aromatic rings. The molecule has 1 fully saturated rings. The van der Waals surface area contributed by atoms with Crippen molar-refractivity contribution >= 4 is 18.0 Å². The molecule has 2 amide bonds. The van der Waals surface area contributed by atoms with Crippen molar-refractivity contribution in [2.75, 3.05) is 14.2 Å². The normalized spacial score (nSPS) is 24.6. The molecular formula is C27H22N2O4. The maximum Gasteiger partial charge on any atom is 0.254 e. The highest BCUT2D eigenvalue weighted by atomic mass is 16.5. The van der Waals surface area contributed by atoms with Gasteiger partial charge in [-0.1, -0.05) is 48.5 Å². The summed E-state index contributed by atoms with van der Waals surface area (Å²) in [5.41, 5.74) is 5.20. The highest BCUT2D eigenvalue weighted by Crippen LogP contribution is 2.60. The topological polar surface area (TPSA) is 68.2 Å². The van der Waals surface area contributed by atoms with Crippen molar-refractivity contribution in [1.82, 2.24) is 5.01 Å². The van der Waals surface area contributed by atoms with E-state index in [0.717, 1.165) is 27.3 Å². The molecule has 1 heterocycles. The molecule has 1 aliphatic heterocycles. The third-order valence-corrected chi connectivity index (χ3v) is 7.17. The molecule has 6 heteroatoms. The Balaban J connectivity index is 1.43. The van der Waals surface area contributed by atoms with Crippen molar-refractivity contribution < 1.29 is 19.1 Å². The lowest BCUT2D eigenvalue weighted by molar-refractivity contribution is -0.139. The summed E-state index contributed by atoms with van der Waals surface area (Å²) in [5.74, 6) is -0.465. The van der Waals surface area contributed by atoms with Gasteiger partial charge >= 0.3 is 0 Å². The summed E-state index contributed by atoms with van der Waals surface area (Å²) in [6.07, 6.45) is 1.50. The van der Waals surface area contributed by atoms with Crippen LogP contribution in [0.2, 0.25) is 0 Å². The maximum atomic E-state index is 13.6. The van der Waals surface area contributed by atoms with Gasteiger partial charge in [-0.3, -0.25) is 9.59 Å². The van der Waals surface area contributed by atoms with Gasteiger partial charge in [0.05, 0.1) is 32.3 Å². The summed E-state index contributed by atoms with van der Waals surface area (Å²) in [7, 11) is 3.14. The van der Waals surface area contributed by atoms with Gasteiger partial charge in [0, 0.05) is 17.4 Å². The minimum absolute atomic E-state index is 0.143. The Morgan fingerprint density at radius 1 is 0.758 bits per heavy atom. The molecule has 0 spiro atoms. The first-order valence-corrected chi connectivity index (χ1v) is 11.0. The molecule has 164 valence electrons. The maximum absolute atomic E-state index is 13.6. The van der Waals surface area contributed by atoms with Crippen LogP contribution in [0.15, 0.2) is 71.8 Å². The van der Waals surface area contributed by atoms with E-state index in [1.165, 1.54) is 6.21 Å². The summed E-state index contributed by atoms with van der Waals surface area (Å²) >= 11 is 0. The lowest BCUT2D eigenvalue weighted by atomic mass is 9.55. The largest absolute Gasteiger partial charge is 0.497 e. The zero-order chi connectivity index (χ0) is 22.7. The van der Waals surface area contributed by atoms with E-state index in [4.69, 9.17) is 9.47 Å². The molecule has 4 aliphatic rings. The van der Waals surface area contributed by atoms with Crippen molar-refractivity contribution in [2.45, 2.75) is 11.8 Å². The second-order valence-corrected chi connectivity index (χ2v) is 8.61. The van der Waals surface area contributed by atoms with Gasteiger partial charge in [-0.25, -0.2) is 0 Å². The van der Waals surface area contributed by atoms with E-state index < -0.39 is 11.8 Å². The summed E-state index contributed by atoms with van der Waals surface area (Å²) < 4.78 is 10.7. The Bertz CT molecular complexity index is 1220. The molecule has 6 nitrogen and oxygen atoms in total. The van der Waals surface area contributed by atoms with Crippen molar-refractivity contribution in [3.63, 3.8) is 0 Å². The van der Waals surface area contributed by atoms with Gasteiger partial charge in [-0.15, -0.1) is 0 Å². The van der Waals surface area contributed by atoms with Crippen LogP contribution in [-0.2, 0) is 9.59 Å². The number of ether oxygens (including phenoxy) is 2. The Morgan fingerprint density at radius 3 is 1.73 bits per heavy atom. The molecule has 2 bridgehead atoms. The summed E-state index contributed by atoms with van der Waals surface area (Å²) in [6, 6.07) is 21.7. The third kappa shape index (κ3) is 2.70. The van der Waals surface area contributed by atoms with E-state index in [0.29, 0.717) is 17.1 Å². The van der Waals surface area contributed by atoms with E-state index in [1.807, 2.05) is 24.3 Å². The molecule has 2 atom stereocenters. The number of hydrazone groups is 1. The molecule has 0 unspecified atom stereocenters. The fourth-order valence-electron chi connectivity index (χ4n) is 5.84. The number of rotatable bonds is 4. The molecule has 33 heavy (non-hydrogen) atoms. The number of hydrogen-bond donors (Lipinski definition) is 0. The van der Waals surface area contributed by atoms with E-state index in [9.17, 15) is 9.59 Å². The fraction of sp³-hybridized carbons (Fsp3) is 0.222. The Hall–Kier alpha value is -3.93. The predicted molar refractivity (Wildman–Crippen MR) is 123 cm³/mol. The SMILES string of the molecule is COc1ccc(OC)c(/C=N\N2C(=O)[C@@H]3C4c5ccccc5C(c5ccccc54)[C@@H]3C2=O)c1. The number of amides is 2. The Labute approximate surface area is 191 Å². The first kappa shape index (κ1) is 19.7. The molecule has 0 saturated carbocycles. The van der Waals surface area contributed by atoms with Crippen LogP contribution in [0.5, 0.6) is 11.5 Å². The van der Waals surface area contributed by atoms with Crippen LogP contribution in [0.25, 0.3) is 0 Å². The van der Waals surface area contributed by atoms with Crippen LogP contribution in [0.3, 0.4) is 0 Å². The van der Waals surface area contributed by atoms with E-state index in [2.05, 4.69) is 29.4 Å². The van der Waals surface area contributed by atoms with E-state index >= 15 is 0 Å². The second-order valence-electron chi connectivity index (χ2n) is 8.61. The van der Waals surface area contributed by atoms with Crippen LogP contribution in [0.4, 0.5) is 0 Å². The van der Waals surface area contributed by atoms with Crippen molar-refractivity contribution in [3.8, 4) is 11.5 Å². The highest BCUT2D eigenvalue weighted by Gasteiger charge is 2.61. The quantitative estimate of drug-likeness (QED) is 0.457. The minimum Gasteiger partial charge on any atom is -0.497 e. The zero-order valence-corrected chi connectivity index (χ0v) is 18.3. The number of methoxy groups -OCH3 is 2.